The van der Waals surface area contributed by atoms with Gasteiger partial charge in [0.15, 0.2) is 0 Å². The number of ether oxygens (including phenoxy) is 1. The molecule has 0 aliphatic heterocycles. The molecule has 3 aromatic rings. The van der Waals surface area contributed by atoms with Crippen LogP contribution in [0.3, 0.4) is 0 Å². The van der Waals surface area contributed by atoms with Crippen LogP contribution >= 0.6 is 31.2 Å². The molecular weight excluding hydrogens is 375 g/mol. The summed E-state index contributed by atoms with van der Waals surface area (Å²) in [5, 5.41) is 4.09. The van der Waals surface area contributed by atoms with Gasteiger partial charge >= 0.3 is 0 Å². The van der Waals surface area contributed by atoms with Gasteiger partial charge in [-0.2, -0.15) is 0 Å². The lowest BCUT2D eigenvalue weighted by Gasteiger charge is -2.27. The number of hydrogen-bond donors (Lipinski definition) is 0. The Balaban J connectivity index is 2.16. The fourth-order valence-electron chi connectivity index (χ4n) is 3.03. The summed E-state index contributed by atoms with van der Waals surface area (Å²) in [6.45, 7) is 2.58. The molecule has 0 unspecified atom stereocenters. The minimum atomic E-state index is -1.84. The van der Waals surface area contributed by atoms with Crippen LogP contribution < -0.4 is 15.9 Å². The van der Waals surface area contributed by atoms with Crippen LogP contribution in [0, 0.1) is 0 Å². The van der Waals surface area contributed by atoms with Crippen LogP contribution in [0.5, 0.6) is 0 Å². The van der Waals surface area contributed by atoms with Crippen LogP contribution in [0.1, 0.15) is 6.92 Å². The number of benzene rings is 3. The van der Waals surface area contributed by atoms with Gasteiger partial charge in [-0.1, -0.05) is 54.6 Å². The molecule has 0 saturated carbocycles. The first-order valence-electron chi connectivity index (χ1n) is 8.62. The van der Waals surface area contributed by atoms with Crippen LogP contribution in [0.25, 0.3) is 0 Å². The van der Waals surface area contributed by atoms with Crippen molar-refractivity contribution in [3.63, 3.8) is 0 Å². The maximum Gasteiger partial charge on any atom is 0.223 e. The zero-order valence-electron chi connectivity index (χ0n) is 14.7. The summed E-state index contributed by atoms with van der Waals surface area (Å²) in [7, 11) is -1.84. The first-order valence-corrected chi connectivity index (χ1v) is 12.0. The highest BCUT2D eigenvalue weighted by atomic mass is 32.2. The van der Waals surface area contributed by atoms with Crippen molar-refractivity contribution in [2.24, 2.45) is 0 Å². The van der Waals surface area contributed by atoms with Gasteiger partial charge in [-0.05, 0) is 67.3 Å². The normalized spacial score (nSPS) is 11.1. The predicted octanol–water partition coefficient (Wildman–Crippen LogP) is 4.99. The van der Waals surface area contributed by atoms with Crippen LogP contribution in [-0.4, -0.2) is 16.5 Å². The minimum absolute atomic E-state index is 0.610. The maximum atomic E-state index is 5.56. The van der Waals surface area contributed by atoms with Crippen LogP contribution in [0.4, 0.5) is 0 Å². The number of hydrogen-bond acceptors (Lipinski definition) is 3. The molecule has 1 nitrogen and oxygen atoms in total. The molecule has 0 N–H and O–H groups in total. The lowest BCUT2D eigenvalue weighted by atomic mass is 10.4. The highest BCUT2D eigenvalue weighted by Gasteiger charge is 2.45. The molecule has 0 radical (unpaired) electrons. The van der Waals surface area contributed by atoms with Gasteiger partial charge in [-0.25, -0.2) is 0 Å². The second-order valence-corrected chi connectivity index (χ2v) is 11.3. The van der Waals surface area contributed by atoms with Gasteiger partial charge in [0.25, 0.3) is 0 Å². The smallest absolute Gasteiger partial charge is 0.223 e. The molecule has 3 aromatic carbocycles. The summed E-state index contributed by atoms with van der Waals surface area (Å²) in [6, 6.07) is 32.5. The minimum Gasteiger partial charge on any atom is -0.479 e. The molecule has 0 amide bonds. The number of thioether (sulfide) groups is 1. The van der Waals surface area contributed by atoms with E-state index in [1.807, 2.05) is 6.92 Å². The van der Waals surface area contributed by atoms with E-state index >= 15 is 0 Å². The summed E-state index contributed by atoms with van der Waals surface area (Å²) in [5.74, 6) is 0. The molecule has 0 saturated heterocycles. The van der Waals surface area contributed by atoms with E-state index in [-0.39, 0.29) is 0 Å². The van der Waals surface area contributed by atoms with E-state index in [9.17, 15) is 0 Å². The third-order valence-electron chi connectivity index (χ3n) is 4.23. The van der Waals surface area contributed by atoms with Crippen LogP contribution in [0.2, 0.25) is 0 Å². The van der Waals surface area contributed by atoms with Crippen molar-refractivity contribution in [2.45, 2.75) is 6.92 Å². The summed E-state index contributed by atoms with van der Waals surface area (Å²) in [4.78, 5) is 0. The Kier molecular flexibility index (Phi) is 6.85. The highest BCUT2D eigenvalue weighted by Crippen LogP contribution is 2.57. The molecule has 0 heterocycles. The Morgan fingerprint density at radius 1 is 0.769 bits per heavy atom. The van der Waals surface area contributed by atoms with Crippen LogP contribution in [0.15, 0.2) is 91.0 Å². The lowest BCUT2D eigenvalue weighted by molar-refractivity contribution is 0.346. The largest absolute Gasteiger partial charge is 0.479 e. The quantitative estimate of drug-likeness (QED) is 0.428. The van der Waals surface area contributed by atoms with E-state index in [0.29, 0.717) is 11.0 Å². The van der Waals surface area contributed by atoms with Gasteiger partial charge in [0.05, 0.1) is 6.61 Å². The Labute approximate surface area is 166 Å². The first-order chi connectivity index (χ1) is 12.8. The standard InChI is InChI=1S/C22H22OPS2/c1-2-23-22(25)26-18-24(19-12-6-3-7-13-19,20-14-8-4-9-15-20)21-16-10-5-11-17-21/h3-17H,2,18H2,1H3/q+1. The molecule has 0 fully saturated rings. The van der Waals surface area contributed by atoms with Crippen molar-refractivity contribution >= 4 is 51.5 Å². The van der Waals surface area contributed by atoms with E-state index < -0.39 is 7.26 Å². The molecule has 0 spiro atoms. The van der Waals surface area contributed by atoms with Crippen molar-refractivity contribution in [1.29, 1.82) is 0 Å². The fraction of sp³-hybridized carbons (Fsp3) is 0.136. The van der Waals surface area contributed by atoms with E-state index in [2.05, 4.69) is 91.0 Å². The Hall–Kier alpha value is -1.67. The SMILES string of the molecule is CCOC(=S)SC[P+](c1ccccc1)(c1ccccc1)c1ccccc1. The van der Waals surface area contributed by atoms with Gasteiger partial charge in [0.2, 0.25) is 4.38 Å². The van der Waals surface area contributed by atoms with Crippen molar-refractivity contribution in [3.8, 4) is 0 Å². The van der Waals surface area contributed by atoms with Crippen molar-refractivity contribution in [3.05, 3.63) is 91.0 Å². The molecule has 0 aliphatic rings. The summed E-state index contributed by atoms with van der Waals surface area (Å²) in [5.41, 5.74) is 0.893. The average molecular weight is 398 g/mol. The number of thiocarbonyl (C=S) groups is 1. The molecular formula is C22H22OPS2+. The second kappa shape index (κ2) is 9.32. The first kappa shape index (κ1) is 19.1. The number of rotatable bonds is 6. The van der Waals surface area contributed by atoms with Crippen molar-refractivity contribution in [1.82, 2.24) is 0 Å². The van der Waals surface area contributed by atoms with E-state index in [1.54, 1.807) is 11.8 Å². The molecule has 4 heteroatoms. The molecule has 0 bridgehead atoms. The van der Waals surface area contributed by atoms with Crippen LogP contribution in [-0.2, 0) is 4.74 Å². The zero-order chi connectivity index (χ0) is 18.2. The van der Waals surface area contributed by atoms with Gasteiger partial charge < -0.3 is 4.74 Å². The second-order valence-electron chi connectivity index (χ2n) is 5.77. The third kappa shape index (κ3) is 4.17. The summed E-state index contributed by atoms with van der Waals surface area (Å²) < 4.78 is 6.18. The summed E-state index contributed by atoms with van der Waals surface area (Å²) >= 11 is 7.08. The topological polar surface area (TPSA) is 9.23 Å². The van der Waals surface area contributed by atoms with Crippen molar-refractivity contribution < 1.29 is 4.74 Å². The Bertz CT molecular complexity index is 726. The third-order valence-corrected chi connectivity index (χ3v) is 10.7. The average Bonchev–Trinajstić information content (AvgIpc) is 2.71. The van der Waals surface area contributed by atoms with Gasteiger partial charge in [-0.15, -0.1) is 0 Å². The molecule has 0 aromatic heterocycles. The molecule has 26 heavy (non-hydrogen) atoms. The van der Waals surface area contributed by atoms with Gasteiger partial charge in [0.1, 0.15) is 28.7 Å². The van der Waals surface area contributed by atoms with Gasteiger partial charge in [0, 0.05) is 0 Å². The van der Waals surface area contributed by atoms with Crippen molar-refractivity contribution in [2.75, 3.05) is 12.1 Å². The monoisotopic (exact) mass is 397 g/mol. The van der Waals surface area contributed by atoms with E-state index in [4.69, 9.17) is 17.0 Å². The molecule has 0 atom stereocenters. The molecule has 0 aliphatic carbocycles. The summed E-state index contributed by atoms with van der Waals surface area (Å²) in [6.07, 6.45) is 0. The lowest BCUT2D eigenvalue weighted by Crippen LogP contribution is -2.32. The van der Waals surface area contributed by atoms with E-state index in [0.717, 1.165) is 5.49 Å². The zero-order valence-corrected chi connectivity index (χ0v) is 17.3. The Morgan fingerprint density at radius 2 is 1.15 bits per heavy atom. The van der Waals surface area contributed by atoms with Gasteiger partial charge in [-0.3, -0.25) is 0 Å². The predicted molar refractivity (Wildman–Crippen MR) is 122 cm³/mol. The molecule has 3 rings (SSSR count). The highest BCUT2D eigenvalue weighted by molar-refractivity contribution is 8.27. The van der Waals surface area contributed by atoms with E-state index in [1.165, 1.54) is 15.9 Å². The maximum absolute atomic E-state index is 5.56. The molecule has 132 valence electrons. The Morgan fingerprint density at radius 3 is 1.50 bits per heavy atom. The fourth-order valence-corrected chi connectivity index (χ4v) is 9.74.